The molecule has 0 amide bonds. The lowest BCUT2D eigenvalue weighted by Gasteiger charge is -2.17. The van der Waals surface area contributed by atoms with Crippen LogP contribution in [0.15, 0.2) is 90.8 Å². The molecule has 0 N–H and O–H groups in total. The number of carbonyl (C=O) groups excluding carboxylic acids is 1. The van der Waals surface area contributed by atoms with Crippen molar-refractivity contribution >= 4 is 5.78 Å². The molecule has 0 spiro atoms. The van der Waals surface area contributed by atoms with Gasteiger partial charge in [-0.3, -0.25) is 4.79 Å². The smallest absolute Gasteiger partial charge is 0.162 e. The number of benzene rings is 2. The fourth-order valence-electron chi connectivity index (χ4n) is 3.84. The van der Waals surface area contributed by atoms with Crippen LogP contribution < -0.4 is 0 Å². The summed E-state index contributed by atoms with van der Waals surface area (Å²) in [6.07, 6.45) is 10.5. The minimum Gasteiger partial charge on any atom is -0.330 e. The van der Waals surface area contributed by atoms with Gasteiger partial charge < -0.3 is 4.57 Å². The molecular weight excluding hydrogens is 356 g/mol. The summed E-state index contributed by atoms with van der Waals surface area (Å²) in [5, 5.41) is 0. The minimum absolute atomic E-state index is 0.0210. The number of carbonyl (C=O) groups is 1. The Hall–Kier alpha value is -3.20. The van der Waals surface area contributed by atoms with Gasteiger partial charge in [0.25, 0.3) is 0 Å². The average molecular weight is 383 g/mol. The quantitative estimate of drug-likeness (QED) is 0.570. The lowest BCUT2D eigenvalue weighted by atomic mass is 9.90. The van der Waals surface area contributed by atoms with Gasteiger partial charge in [-0.25, -0.2) is 4.98 Å². The molecule has 3 aromatic rings. The maximum absolute atomic E-state index is 12.6. The fraction of sp³-hybridized carbons (Fsp3) is 0.231. The summed E-state index contributed by atoms with van der Waals surface area (Å²) in [6, 6.07) is 20.8. The summed E-state index contributed by atoms with van der Waals surface area (Å²) in [5.74, 6) is 0.187. The van der Waals surface area contributed by atoms with Crippen molar-refractivity contribution in [2.24, 2.45) is 5.92 Å². The highest BCUT2D eigenvalue weighted by Gasteiger charge is 2.18. The highest BCUT2D eigenvalue weighted by Crippen LogP contribution is 2.21. The third-order valence-electron chi connectivity index (χ3n) is 5.54. The molecule has 29 heavy (non-hydrogen) atoms. The normalized spacial score (nSPS) is 16.1. The van der Waals surface area contributed by atoms with Crippen LogP contribution in [0.4, 0.5) is 0 Å². The van der Waals surface area contributed by atoms with Crippen LogP contribution in [0.1, 0.15) is 28.9 Å². The molecule has 3 nitrogen and oxygen atoms in total. The molecule has 1 unspecified atom stereocenters. The van der Waals surface area contributed by atoms with Gasteiger partial charge in [0, 0.05) is 24.6 Å². The highest BCUT2D eigenvalue weighted by molar-refractivity contribution is 5.95. The van der Waals surface area contributed by atoms with Crippen LogP contribution in [0.5, 0.6) is 0 Å². The van der Waals surface area contributed by atoms with Crippen molar-refractivity contribution in [2.75, 3.05) is 0 Å². The molecule has 1 aliphatic carbocycles. The molecule has 1 atom stereocenters. The Labute approximate surface area is 172 Å². The maximum Gasteiger partial charge on any atom is 0.162 e. The Morgan fingerprint density at radius 1 is 0.966 bits per heavy atom. The zero-order valence-electron chi connectivity index (χ0n) is 16.8. The molecule has 0 saturated carbocycles. The number of rotatable bonds is 7. The van der Waals surface area contributed by atoms with E-state index in [0.29, 0.717) is 6.54 Å². The van der Waals surface area contributed by atoms with Gasteiger partial charge in [0.05, 0.1) is 12.0 Å². The highest BCUT2D eigenvalue weighted by atomic mass is 16.1. The van der Waals surface area contributed by atoms with Crippen molar-refractivity contribution in [1.29, 1.82) is 0 Å². The van der Waals surface area contributed by atoms with Gasteiger partial charge in [0.15, 0.2) is 5.78 Å². The van der Waals surface area contributed by atoms with Crippen molar-refractivity contribution in [1.82, 2.24) is 9.55 Å². The molecule has 1 heterocycles. The summed E-state index contributed by atoms with van der Waals surface area (Å²) in [6.45, 7) is 2.72. The lowest BCUT2D eigenvalue weighted by Crippen LogP contribution is -2.16. The molecule has 3 heteroatoms. The van der Waals surface area contributed by atoms with Gasteiger partial charge in [-0.05, 0) is 42.5 Å². The molecule has 4 rings (SSSR count). The number of hydrogen-bond acceptors (Lipinski definition) is 2. The zero-order valence-corrected chi connectivity index (χ0v) is 16.8. The number of ketones is 1. The zero-order chi connectivity index (χ0) is 20.1. The molecule has 1 aromatic heterocycles. The number of nitrogens with zero attached hydrogens (tertiary/aromatic N) is 2. The molecular formula is C26H26N2O. The summed E-state index contributed by atoms with van der Waals surface area (Å²) in [4.78, 5) is 17.1. The predicted molar refractivity (Wildman–Crippen MR) is 117 cm³/mol. The van der Waals surface area contributed by atoms with E-state index in [9.17, 15) is 4.79 Å². The first kappa shape index (κ1) is 19.1. The summed E-state index contributed by atoms with van der Waals surface area (Å²) < 4.78 is 2.16. The third kappa shape index (κ3) is 4.80. The van der Waals surface area contributed by atoms with Gasteiger partial charge in [-0.2, -0.15) is 0 Å². The predicted octanol–water partition coefficient (Wildman–Crippen LogP) is 5.10. The van der Waals surface area contributed by atoms with Crippen molar-refractivity contribution in [2.45, 2.75) is 32.7 Å². The van der Waals surface area contributed by atoms with Gasteiger partial charge in [0.1, 0.15) is 0 Å². The Balaban J connectivity index is 1.41. The SMILES string of the molecule is Cc1ncn(CC2=CC(=O)C(CCc3ccccc3)C=C2)c1Cc1ccccc1. The van der Waals surface area contributed by atoms with E-state index in [2.05, 4.69) is 58.1 Å². The van der Waals surface area contributed by atoms with Crippen LogP contribution in [0, 0.1) is 12.8 Å². The topological polar surface area (TPSA) is 34.9 Å². The van der Waals surface area contributed by atoms with Crippen molar-refractivity contribution in [3.63, 3.8) is 0 Å². The number of imidazole rings is 1. The minimum atomic E-state index is -0.0210. The van der Waals surface area contributed by atoms with E-state index in [1.54, 1.807) is 0 Å². The maximum atomic E-state index is 12.6. The van der Waals surface area contributed by atoms with E-state index < -0.39 is 0 Å². The van der Waals surface area contributed by atoms with E-state index in [1.165, 1.54) is 16.8 Å². The van der Waals surface area contributed by atoms with Gasteiger partial charge in [-0.15, -0.1) is 0 Å². The molecule has 0 fully saturated rings. The van der Waals surface area contributed by atoms with E-state index in [4.69, 9.17) is 0 Å². The molecule has 0 radical (unpaired) electrons. The van der Waals surface area contributed by atoms with Crippen molar-refractivity contribution < 1.29 is 4.79 Å². The van der Waals surface area contributed by atoms with E-state index in [0.717, 1.165) is 30.5 Å². The van der Waals surface area contributed by atoms with Crippen LogP contribution in [-0.4, -0.2) is 15.3 Å². The standard InChI is InChI=1S/C26H26N2O/c1-20-25(16-22-10-6-3-7-11-22)28(19-27-20)18-23-13-15-24(26(29)17-23)14-12-21-8-4-2-5-9-21/h2-11,13,15,17,19,24H,12,14,16,18H2,1H3. The van der Waals surface area contributed by atoms with Crippen LogP contribution in [-0.2, 0) is 24.2 Å². The van der Waals surface area contributed by atoms with Gasteiger partial charge in [0.2, 0.25) is 0 Å². The molecule has 0 saturated heterocycles. The lowest BCUT2D eigenvalue weighted by molar-refractivity contribution is -0.117. The number of hydrogen-bond donors (Lipinski definition) is 0. The first-order valence-electron chi connectivity index (χ1n) is 10.2. The fourth-order valence-corrected chi connectivity index (χ4v) is 3.84. The van der Waals surface area contributed by atoms with E-state index >= 15 is 0 Å². The second kappa shape index (κ2) is 8.87. The monoisotopic (exact) mass is 382 g/mol. The summed E-state index contributed by atoms with van der Waals surface area (Å²) >= 11 is 0. The largest absolute Gasteiger partial charge is 0.330 e. The first-order chi connectivity index (χ1) is 14.2. The molecule has 2 aromatic carbocycles. The third-order valence-corrected chi connectivity index (χ3v) is 5.54. The van der Waals surface area contributed by atoms with Crippen LogP contribution in [0.2, 0.25) is 0 Å². The summed E-state index contributed by atoms with van der Waals surface area (Å²) in [7, 11) is 0. The molecule has 0 bridgehead atoms. The second-order valence-corrected chi connectivity index (χ2v) is 7.68. The molecule has 146 valence electrons. The molecule has 0 aliphatic heterocycles. The summed E-state index contributed by atoms with van der Waals surface area (Å²) in [5.41, 5.74) is 5.83. The Morgan fingerprint density at radius 3 is 2.34 bits per heavy atom. The Kier molecular flexibility index (Phi) is 5.85. The van der Waals surface area contributed by atoms with Crippen molar-refractivity contribution in [3.8, 4) is 0 Å². The Morgan fingerprint density at radius 2 is 1.66 bits per heavy atom. The second-order valence-electron chi connectivity index (χ2n) is 7.68. The average Bonchev–Trinajstić information content (AvgIpc) is 3.08. The van der Waals surface area contributed by atoms with E-state index in [-0.39, 0.29) is 11.7 Å². The molecule has 1 aliphatic rings. The number of allylic oxidation sites excluding steroid dienone is 4. The van der Waals surface area contributed by atoms with Gasteiger partial charge in [-0.1, -0.05) is 72.8 Å². The first-order valence-corrected chi connectivity index (χ1v) is 10.2. The Bertz CT molecular complexity index is 1030. The van der Waals surface area contributed by atoms with Crippen LogP contribution in [0.3, 0.4) is 0 Å². The van der Waals surface area contributed by atoms with Crippen LogP contribution in [0.25, 0.3) is 0 Å². The number of aryl methyl sites for hydroxylation is 2. The van der Waals surface area contributed by atoms with Gasteiger partial charge >= 0.3 is 0 Å². The van der Waals surface area contributed by atoms with Crippen molar-refractivity contribution in [3.05, 3.63) is 113 Å². The van der Waals surface area contributed by atoms with Crippen LogP contribution >= 0.6 is 0 Å². The van der Waals surface area contributed by atoms with E-state index in [1.807, 2.05) is 43.6 Å². The number of aromatic nitrogens is 2.